The Morgan fingerprint density at radius 2 is 1.82 bits per heavy atom. The molecule has 2 aliphatic heterocycles. The average molecular weight is 646 g/mol. The van der Waals surface area contributed by atoms with Crippen LogP contribution in [-0.4, -0.2) is 86.7 Å². The van der Waals surface area contributed by atoms with Crippen LogP contribution in [0.1, 0.15) is 55.2 Å². The molecule has 1 amide bonds. The van der Waals surface area contributed by atoms with Crippen molar-refractivity contribution in [2.75, 3.05) is 62.5 Å². The number of aromatic nitrogens is 2. The maximum Gasteiger partial charge on any atom is 0.258 e. The lowest BCUT2D eigenvalue weighted by molar-refractivity contribution is 0.0904. The van der Waals surface area contributed by atoms with Crippen LogP contribution in [0.4, 0.5) is 26.0 Å². The van der Waals surface area contributed by atoms with Crippen molar-refractivity contribution < 1.29 is 26.7 Å². The first-order chi connectivity index (χ1) is 21.3. The molecule has 0 bridgehead atoms. The Morgan fingerprint density at radius 1 is 1.13 bits per heavy atom. The van der Waals surface area contributed by atoms with Crippen molar-refractivity contribution in [1.29, 1.82) is 0 Å². The smallest absolute Gasteiger partial charge is 0.258 e. The number of rotatable bonds is 11. The largest absolute Gasteiger partial charge is 0.381 e. The summed E-state index contributed by atoms with van der Waals surface area (Å²) in [5.74, 6) is -2.63. The van der Waals surface area contributed by atoms with Crippen LogP contribution in [0.15, 0.2) is 41.3 Å². The molecule has 3 N–H and O–H groups in total. The summed E-state index contributed by atoms with van der Waals surface area (Å²) in [5, 5.41) is 13.6. The van der Waals surface area contributed by atoms with Gasteiger partial charge in [-0.2, -0.15) is 9.40 Å². The summed E-state index contributed by atoms with van der Waals surface area (Å²) in [5.41, 5.74) is 1.67. The van der Waals surface area contributed by atoms with Gasteiger partial charge in [0.25, 0.3) is 5.91 Å². The molecule has 5 rings (SSSR count). The number of anilines is 3. The molecule has 45 heavy (non-hydrogen) atoms. The van der Waals surface area contributed by atoms with Gasteiger partial charge in [0.05, 0.1) is 16.8 Å². The summed E-state index contributed by atoms with van der Waals surface area (Å²) in [6, 6.07) is 8.73. The highest BCUT2D eigenvalue weighted by Gasteiger charge is 2.49. The first-order valence-electron chi connectivity index (χ1n) is 15.1. The molecule has 2 aliphatic rings. The number of hydrogen-bond acceptors (Lipinski definition) is 8. The number of aromatic amines is 1. The molecular weight excluding hydrogens is 604 g/mol. The van der Waals surface area contributed by atoms with Crippen molar-refractivity contribution in [3.63, 3.8) is 0 Å². The Kier molecular flexibility index (Phi) is 9.49. The number of ether oxygens (including phenoxy) is 1. The van der Waals surface area contributed by atoms with Crippen molar-refractivity contribution in [3.8, 4) is 0 Å². The van der Waals surface area contributed by atoms with Crippen LogP contribution < -0.4 is 15.5 Å². The van der Waals surface area contributed by atoms with Crippen molar-refractivity contribution in [2.24, 2.45) is 0 Å². The molecule has 1 fully saturated rings. The number of sulfonamides is 1. The number of fused-ring (bicyclic) bond motifs is 1. The molecule has 0 unspecified atom stereocenters. The number of carbonyl (C=O) groups is 1. The summed E-state index contributed by atoms with van der Waals surface area (Å²) in [6.07, 6.45) is 1.61. The summed E-state index contributed by atoms with van der Waals surface area (Å²) < 4.78 is 62.8. The minimum absolute atomic E-state index is 0.130. The molecule has 2 aromatic carbocycles. The Morgan fingerprint density at radius 3 is 2.47 bits per heavy atom. The predicted molar refractivity (Wildman–Crippen MR) is 169 cm³/mol. The fraction of sp³-hybridized carbons (Fsp3) is 0.484. The number of amides is 1. The fourth-order valence-corrected chi connectivity index (χ4v) is 7.73. The molecule has 11 nitrogen and oxygen atoms in total. The van der Waals surface area contributed by atoms with Crippen molar-refractivity contribution in [1.82, 2.24) is 19.4 Å². The predicted octanol–water partition coefficient (Wildman–Crippen LogP) is 4.36. The SMILES string of the molecule is CCN(CCN(C)C)c1ccc(C(=O)Nc2n[nH]c3c2CN(S(=O)(=O)c2c(F)cccc2F)C3(C)C)c(NC2CCOCC2)c1. The van der Waals surface area contributed by atoms with Gasteiger partial charge in [-0.15, -0.1) is 0 Å². The van der Waals surface area contributed by atoms with E-state index in [0.29, 0.717) is 35.7 Å². The van der Waals surface area contributed by atoms with E-state index in [4.69, 9.17) is 4.74 Å². The van der Waals surface area contributed by atoms with Gasteiger partial charge >= 0.3 is 0 Å². The van der Waals surface area contributed by atoms with Gasteiger partial charge in [-0.05, 0) is 78.0 Å². The van der Waals surface area contributed by atoms with E-state index < -0.39 is 38.0 Å². The molecular formula is C31H41F2N7O4S. The van der Waals surface area contributed by atoms with Gasteiger partial charge in [-0.3, -0.25) is 9.89 Å². The number of H-pyrrole nitrogens is 1. The summed E-state index contributed by atoms with van der Waals surface area (Å²) in [6.45, 7) is 8.82. The Hall–Kier alpha value is -3.59. The van der Waals surface area contributed by atoms with Gasteiger partial charge in [0.2, 0.25) is 10.0 Å². The number of benzene rings is 2. The summed E-state index contributed by atoms with van der Waals surface area (Å²) in [4.78, 5) is 17.2. The second-order valence-corrected chi connectivity index (χ2v) is 13.9. The van der Waals surface area contributed by atoms with Crippen molar-refractivity contribution in [3.05, 3.63) is 64.9 Å². The summed E-state index contributed by atoms with van der Waals surface area (Å²) >= 11 is 0. The zero-order valence-corrected chi connectivity index (χ0v) is 27.1. The van der Waals surface area contributed by atoms with Gasteiger partial charge in [0.1, 0.15) is 11.6 Å². The van der Waals surface area contributed by atoms with Gasteiger partial charge in [0.15, 0.2) is 10.7 Å². The third kappa shape index (κ3) is 6.55. The van der Waals surface area contributed by atoms with Gasteiger partial charge in [0, 0.05) is 62.4 Å². The van der Waals surface area contributed by atoms with Gasteiger partial charge in [-0.1, -0.05) is 6.07 Å². The van der Waals surface area contributed by atoms with Gasteiger partial charge < -0.3 is 25.2 Å². The molecule has 244 valence electrons. The van der Waals surface area contributed by atoms with Crippen molar-refractivity contribution >= 4 is 33.1 Å². The second-order valence-electron chi connectivity index (χ2n) is 12.1. The number of hydrogen-bond donors (Lipinski definition) is 3. The maximum atomic E-state index is 14.6. The van der Waals surface area contributed by atoms with Crippen LogP contribution in [0.2, 0.25) is 0 Å². The number of likely N-dealkylation sites (N-methyl/N-ethyl adjacent to an activating group) is 2. The fourth-order valence-electron chi connectivity index (χ4n) is 5.89. The lowest BCUT2D eigenvalue weighted by Gasteiger charge is -2.30. The minimum Gasteiger partial charge on any atom is -0.381 e. The van der Waals surface area contributed by atoms with E-state index in [2.05, 4.69) is 37.6 Å². The third-order valence-electron chi connectivity index (χ3n) is 8.50. The average Bonchev–Trinajstić information content (AvgIpc) is 3.51. The molecule has 1 saturated heterocycles. The highest BCUT2D eigenvalue weighted by Crippen LogP contribution is 2.44. The number of carbonyl (C=O) groups excluding carboxylic acids is 1. The van der Waals surface area contributed by atoms with Crippen LogP contribution in [0.3, 0.4) is 0 Å². The van der Waals surface area contributed by atoms with E-state index in [-0.39, 0.29) is 18.4 Å². The van der Waals surface area contributed by atoms with Crippen LogP contribution in [0.25, 0.3) is 0 Å². The molecule has 14 heteroatoms. The normalized spacial score (nSPS) is 17.0. The van der Waals surface area contributed by atoms with E-state index in [9.17, 15) is 22.0 Å². The quantitative estimate of drug-likeness (QED) is 0.281. The summed E-state index contributed by atoms with van der Waals surface area (Å²) in [7, 11) is -0.543. The van der Waals surface area contributed by atoms with E-state index in [1.807, 2.05) is 26.2 Å². The zero-order chi connectivity index (χ0) is 32.5. The van der Waals surface area contributed by atoms with Crippen LogP contribution in [0, 0.1) is 11.6 Å². The zero-order valence-electron chi connectivity index (χ0n) is 26.3. The van der Waals surface area contributed by atoms with Crippen LogP contribution in [-0.2, 0) is 26.8 Å². The van der Waals surface area contributed by atoms with Crippen LogP contribution >= 0.6 is 0 Å². The van der Waals surface area contributed by atoms with Gasteiger partial charge in [-0.25, -0.2) is 17.2 Å². The first kappa shape index (κ1) is 32.8. The Bertz CT molecular complexity index is 1630. The standard InChI is InChI=1S/C31H41F2N7O4S/c1-6-39(15-14-38(4)5)21-10-11-22(26(18-21)34-20-12-16-44-17-13-20)30(41)35-29-23-19-40(31(2,3)28(23)36-37-29)45(42,43)27-24(32)8-7-9-25(27)33/h7-11,18,20,34H,6,12-17,19H2,1-5H3,(H2,35,36,37,41). The molecule has 3 aromatic rings. The first-order valence-corrected chi connectivity index (χ1v) is 16.5. The monoisotopic (exact) mass is 645 g/mol. The highest BCUT2D eigenvalue weighted by molar-refractivity contribution is 7.89. The minimum atomic E-state index is -4.60. The molecule has 0 spiro atoms. The number of nitrogens with zero attached hydrogens (tertiary/aromatic N) is 4. The third-order valence-corrected chi connectivity index (χ3v) is 10.6. The molecule has 3 heterocycles. The molecule has 0 saturated carbocycles. The van der Waals surface area contributed by atoms with E-state index in [1.54, 1.807) is 19.9 Å². The van der Waals surface area contributed by atoms with E-state index in [0.717, 1.165) is 60.7 Å². The maximum absolute atomic E-state index is 14.6. The number of nitrogens with one attached hydrogen (secondary N) is 3. The number of halogens is 2. The molecule has 1 aromatic heterocycles. The van der Waals surface area contributed by atoms with E-state index >= 15 is 0 Å². The lowest BCUT2D eigenvalue weighted by atomic mass is 10.0. The van der Waals surface area contributed by atoms with Crippen molar-refractivity contribution in [2.45, 2.75) is 56.6 Å². The van der Waals surface area contributed by atoms with Crippen LogP contribution in [0.5, 0.6) is 0 Å². The Balaban J connectivity index is 1.43. The topological polar surface area (TPSA) is 123 Å². The Labute approximate surface area is 263 Å². The molecule has 0 atom stereocenters. The van der Waals surface area contributed by atoms with E-state index in [1.165, 1.54) is 0 Å². The molecule has 0 radical (unpaired) electrons. The lowest BCUT2D eigenvalue weighted by Crippen LogP contribution is -2.41. The highest BCUT2D eigenvalue weighted by atomic mass is 32.2. The second kappa shape index (κ2) is 13.0. The molecule has 0 aliphatic carbocycles.